The van der Waals surface area contributed by atoms with Crippen molar-refractivity contribution < 1.29 is 28.7 Å². The molecule has 0 radical (unpaired) electrons. The van der Waals surface area contributed by atoms with Gasteiger partial charge in [0.2, 0.25) is 0 Å². The molecule has 128 valence electrons. The Morgan fingerprint density at radius 3 is 1.23 bits per heavy atom. The quantitative estimate of drug-likeness (QED) is 0.553. The van der Waals surface area contributed by atoms with E-state index < -0.39 is 23.9 Å². The van der Waals surface area contributed by atoms with Crippen molar-refractivity contribution in [3.8, 4) is 0 Å². The maximum Gasteiger partial charge on any atom is 0.316 e. The Hall–Kier alpha value is -1.72. The summed E-state index contributed by atoms with van der Waals surface area (Å²) in [4.78, 5) is 43.0. The lowest BCUT2D eigenvalue weighted by Gasteiger charge is -2.06. The number of ether oxygens (including phenoxy) is 2. The van der Waals surface area contributed by atoms with Gasteiger partial charge in [0, 0.05) is 12.8 Å². The van der Waals surface area contributed by atoms with Crippen molar-refractivity contribution in [3.63, 3.8) is 0 Å². The van der Waals surface area contributed by atoms with Crippen LogP contribution in [0.5, 0.6) is 0 Å². The SMILES string of the molecule is CC(C)C(=O)OC(=O)C(C)C.CCCC(=O)OC(=O)CCC. The van der Waals surface area contributed by atoms with Gasteiger partial charge in [-0.3, -0.25) is 19.2 Å². The van der Waals surface area contributed by atoms with E-state index in [0.29, 0.717) is 12.8 Å². The molecule has 0 aromatic rings. The van der Waals surface area contributed by atoms with E-state index in [2.05, 4.69) is 9.47 Å². The minimum absolute atomic E-state index is 0.238. The summed E-state index contributed by atoms with van der Waals surface area (Å²) in [5, 5.41) is 0. The van der Waals surface area contributed by atoms with E-state index in [1.807, 2.05) is 13.8 Å². The van der Waals surface area contributed by atoms with Gasteiger partial charge in [0.15, 0.2) is 0 Å². The lowest BCUT2D eigenvalue weighted by atomic mass is 10.2. The molecule has 0 saturated carbocycles. The van der Waals surface area contributed by atoms with E-state index in [0.717, 1.165) is 12.8 Å². The molecule has 6 heteroatoms. The van der Waals surface area contributed by atoms with E-state index in [1.54, 1.807) is 27.7 Å². The molecule has 0 saturated heterocycles. The van der Waals surface area contributed by atoms with Crippen LogP contribution in [0.25, 0.3) is 0 Å². The first-order chi connectivity index (χ1) is 10.1. The van der Waals surface area contributed by atoms with E-state index in [9.17, 15) is 19.2 Å². The van der Waals surface area contributed by atoms with Crippen LogP contribution in [0.2, 0.25) is 0 Å². The maximum absolute atomic E-state index is 10.8. The van der Waals surface area contributed by atoms with Crippen molar-refractivity contribution >= 4 is 23.9 Å². The molecule has 0 rings (SSSR count). The zero-order chi connectivity index (χ0) is 17.7. The minimum Gasteiger partial charge on any atom is -0.393 e. The third-order valence-electron chi connectivity index (χ3n) is 2.28. The molecule has 0 aliphatic heterocycles. The first kappa shape index (κ1) is 22.6. The summed E-state index contributed by atoms with van der Waals surface area (Å²) < 4.78 is 8.95. The second kappa shape index (κ2) is 13.0. The van der Waals surface area contributed by atoms with Crippen molar-refractivity contribution in [1.29, 1.82) is 0 Å². The third kappa shape index (κ3) is 13.3. The largest absolute Gasteiger partial charge is 0.393 e. The molecule has 0 aromatic heterocycles. The molecular weight excluding hydrogens is 288 g/mol. The highest BCUT2D eigenvalue weighted by Gasteiger charge is 2.16. The van der Waals surface area contributed by atoms with Crippen LogP contribution < -0.4 is 0 Å². The van der Waals surface area contributed by atoms with Crippen LogP contribution in [0.15, 0.2) is 0 Å². The highest BCUT2D eigenvalue weighted by Crippen LogP contribution is 2.01. The van der Waals surface area contributed by atoms with Gasteiger partial charge in [-0.15, -0.1) is 0 Å². The molecule has 0 atom stereocenters. The van der Waals surface area contributed by atoms with Crippen LogP contribution in [0.4, 0.5) is 0 Å². The molecule has 0 heterocycles. The Morgan fingerprint density at radius 2 is 1.00 bits per heavy atom. The summed E-state index contributed by atoms with van der Waals surface area (Å²) in [6, 6.07) is 0. The first-order valence-corrected chi connectivity index (χ1v) is 7.64. The second-order valence-corrected chi connectivity index (χ2v) is 5.40. The zero-order valence-electron chi connectivity index (χ0n) is 14.4. The Bertz CT molecular complexity index is 337. The van der Waals surface area contributed by atoms with Crippen LogP contribution in [0.1, 0.15) is 67.2 Å². The standard InChI is InChI=1S/2C8H14O3/c1-5(2)7(9)11-8(10)6(3)4;1-3-5-7(9)11-8(10)6-4-2/h5-6H,1-4H3;3-6H2,1-2H3. The lowest BCUT2D eigenvalue weighted by molar-refractivity contribution is -0.164. The van der Waals surface area contributed by atoms with Gasteiger partial charge >= 0.3 is 23.9 Å². The summed E-state index contributed by atoms with van der Waals surface area (Å²) in [6.07, 6.45) is 2.10. The van der Waals surface area contributed by atoms with Crippen molar-refractivity contribution in [2.45, 2.75) is 67.2 Å². The fourth-order valence-corrected chi connectivity index (χ4v) is 0.972. The molecule has 0 amide bonds. The van der Waals surface area contributed by atoms with Crippen LogP contribution in [-0.2, 0) is 28.7 Å². The average molecular weight is 316 g/mol. The Labute approximate surface area is 132 Å². The Morgan fingerprint density at radius 1 is 0.682 bits per heavy atom. The number of hydrogen-bond donors (Lipinski definition) is 0. The summed E-state index contributed by atoms with van der Waals surface area (Å²) in [5.74, 6) is -2.21. The Balaban J connectivity index is 0. The van der Waals surface area contributed by atoms with Crippen LogP contribution in [0, 0.1) is 11.8 Å². The first-order valence-electron chi connectivity index (χ1n) is 7.64. The zero-order valence-corrected chi connectivity index (χ0v) is 14.4. The molecule has 22 heavy (non-hydrogen) atoms. The number of rotatable bonds is 6. The van der Waals surface area contributed by atoms with Crippen molar-refractivity contribution in [1.82, 2.24) is 0 Å². The van der Waals surface area contributed by atoms with Gasteiger partial charge in [0.25, 0.3) is 0 Å². The summed E-state index contributed by atoms with van der Waals surface area (Å²) >= 11 is 0. The highest BCUT2D eigenvalue weighted by molar-refractivity contribution is 5.87. The van der Waals surface area contributed by atoms with Crippen LogP contribution in [0.3, 0.4) is 0 Å². The Kier molecular flexibility index (Phi) is 13.3. The number of hydrogen-bond acceptors (Lipinski definition) is 6. The van der Waals surface area contributed by atoms with Crippen molar-refractivity contribution in [2.75, 3.05) is 0 Å². The summed E-state index contributed by atoms with van der Waals surface area (Å²) in [7, 11) is 0. The van der Waals surface area contributed by atoms with Gasteiger partial charge in [-0.2, -0.15) is 0 Å². The smallest absolute Gasteiger partial charge is 0.316 e. The maximum atomic E-state index is 10.8. The predicted molar refractivity (Wildman–Crippen MR) is 81.7 cm³/mol. The molecule has 0 spiro atoms. The van der Waals surface area contributed by atoms with Gasteiger partial charge in [0.05, 0.1) is 11.8 Å². The number of carbonyl (C=O) groups excluding carboxylic acids is 4. The predicted octanol–water partition coefficient (Wildman–Crippen LogP) is 3.02. The van der Waals surface area contributed by atoms with Gasteiger partial charge in [0.1, 0.15) is 0 Å². The highest BCUT2D eigenvalue weighted by atomic mass is 16.6. The molecule has 0 aliphatic rings. The summed E-state index contributed by atoms with van der Waals surface area (Å²) in [6.45, 7) is 10.5. The van der Waals surface area contributed by atoms with Gasteiger partial charge in [-0.1, -0.05) is 41.5 Å². The molecule has 6 nitrogen and oxygen atoms in total. The molecule has 0 bridgehead atoms. The van der Waals surface area contributed by atoms with E-state index in [-0.39, 0.29) is 11.8 Å². The molecule has 0 aliphatic carbocycles. The molecule has 0 unspecified atom stereocenters. The average Bonchev–Trinajstić information content (AvgIpc) is 2.39. The van der Waals surface area contributed by atoms with Crippen LogP contribution in [-0.4, -0.2) is 23.9 Å². The summed E-state index contributed by atoms with van der Waals surface area (Å²) in [5.41, 5.74) is 0. The third-order valence-corrected chi connectivity index (χ3v) is 2.28. The number of esters is 4. The van der Waals surface area contributed by atoms with E-state index in [4.69, 9.17) is 0 Å². The molecule has 0 aromatic carbocycles. The fourth-order valence-electron chi connectivity index (χ4n) is 0.972. The van der Waals surface area contributed by atoms with Gasteiger partial charge in [-0.05, 0) is 12.8 Å². The van der Waals surface area contributed by atoms with E-state index >= 15 is 0 Å². The van der Waals surface area contributed by atoms with Crippen LogP contribution >= 0.6 is 0 Å². The monoisotopic (exact) mass is 316 g/mol. The molecule has 0 fully saturated rings. The van der Waals surface area contributed by atoms with Crippen molar-refractivity contribution in [3.05, 3.63) is 0 Å². The fraction of sp³-hybridized carbons (Fsp3) is 0.750. The minimum atomic E-state index is -0.455. The molecule has 0 N–H and O–H groups in total. The second-order valence-electron chi connectivity index (χ2n) is 5.40. The number of carbonyl (C=O) groups is 4. The topological polar surface area (TPSA) is 86.7 Å². The van der Waals surface area contributed by atoms with Gasteiger partial charge in [-0.25, -0.2) is 0 Å². The van der Waals surface area contributed by atoms with E-state index in [1.165, 1.54) is 0 Å². The normalized spacial score (nSPS) is 9.82. The van der Waals surface area contributed by atoms with Crippen molar-refractivity contribution in [2.24, 2.45) is 11.8 Å². The lowest BCUT2D eigenvalue weighted by Crippen LogP contribution is -2.20. The van der Waals surface area contributed by atoms with Gasteiger partial charge < -0.3 is 9.47 Å². The molecular formula is C16H28O6.